The highest BCUT2D eigenvalue weighted by Gasteiger charge is 2.71. The molecule has 1 fully saturated rings. The summed E-state index contributed by atoms with van der Waals surface area (Å²) in [6.07, 6.45) is 1.65. The van der Waals surface area contributed by atoms with Crippen LogP contribution < -0.4 is 19.5 Å². The quantitative estimate of drug-likeness (QED) is 0.669. The maximum absolute atomic E-state index is 12.4. The summed E-state index contributed by atoms with van der Waals surface area (Å²) in [7, 11) is 3.37. The van der Waals surface area contributed by atoms with Gasteiger partial charge < -0.3 is 24.6 Å². The maximum atomic E-state index is 12.4. The SMILES string of the molecule is COc1ccc2c3c1OC1c4nc5ccccc5c(OC)c4CC4(O)[C@@H](C2)NCC[C@]314. The van der Waals surface area contributed by atoms with Crippen molar-refractivity contribution < 1.29 is 19.3 Å². The molecule has 4 aliphatic rings. The molecular weight excluding hydrogens is 392 g/mol. The molecule has 6 heteroatoms. The monoisotopic (exact) mass is 416 g/mol. The molecule has 0 amide bonds. The molecule has 3 aromatic rings. The number of ether oxygens (including phenoxy) is 3. The van der Waals surface area contributed by atoms with Gasteiger partial charge in [0.25, 0.3) is 0 Å². The Labute approximate surface area is 180 Å². The van der Waals surface area contributed by atoms with Gasteiger partial charge in [-0.2, -0.15) is 0 Å². The molecule has 2 aliphatic carbocycles. The van der Waals surface area contributed by atoms with Gasteiger partial charge in [-0.25, -0.2) is 4.98 Å². The molecule has 4 atom stereocenters. The average molecular weight is 416 g/mol. The molecule has 31 heavy (non-hydrogen) atoms. The fourth-order valence-corrected chi connectivity index (χ4v) is 6.89. The van der Waals surface area contributed by atoms with E-state index in [0.717, 1.165) is 64.4 Å². The van der Waals surface area contributed by atoms with Gasteiger partial charge in [-0.3, -0.25) is 0 Å². The molecule has 6 nitrogen and oxygen atoms in total. The summed E-state index contributed by atoms with van der Waals surface area (Å²) in [6.45, 7) is 0.836. The van der Waals surface area contributed by atoms with Gasteiger partial charge >= 0.3 is 0 Å². The summed E-state index contributed by atoms with van der Waals surface area (Å²) in [5, 5.41) is 17.0. The summed E-state index contributed by atoms with van der Waals surface area (Å²) in [5.74, 6) is 2.28. The van der Waals surface area contributed by atoms with Crippen molar-refractivity contribution in [1.82, 2.24) is 10.3 Å². The number of nitrogens with zero attached hydrogens (tertiary/aromatic N) is 1. The number of fused-ring (bicyclic) bond motifs is 3. The van der Waals surface area contributed by atoms with E-state index in [4.69, 9.17) is 19.2 Å². The standard InChI is InChI=1S/C25H24N2O4/c1-29-17-8-7-13-11-18-25(28)12-15-20(27-16-6-4-3-5-14(16)21(15)30-2)23-24(25,9-10-26-18)19(13)22(17)31-23/h3-8,18,23,26,28H,9-12H2,1-2H3/t18-,23?,24+,25?/m1/s1. The maximum Gasteiger partial charge on any atom is 0.166 e. The summed E-state index contributed by atoms with van der Waals surface area (Å²) in [6, 6.07) is 12.1. The number of methoxy groups -OCH3 is 2. The minimum absolute atomic E-state index is 0.0523. The summed E-state index contributed by atoms with van der Waals surface area (Å²) >= 11 is 0. The van der Waals surface area contributed by atoms with Crippen LogP contribution in [-0.4, -0.2) is 42.5 Å². The fraction of sp³-hybridized carbons (Fsp3) is 0.400. The predicted molar refractivity (Wildman–Crippen MR) is 115 cm³/mol. The smallest absolute Gasteiger partial charge is 0.166 e. The molecule has 3 heterocycles. The Bertz CT molecular complexity index is 1270. The molecule has 7 rings (SSSR count). The number of aliphatic hydroxyl groups is 1. The lowest BCUT2D eigenvalue weighted by Crippen LogP contribution is -2.74. The number of hydrogen-bond acceptors (Lipinski definition) is 6. The number of rotatable bonds is 2. The molecule has 2 unspecified atom stereocenters. The molecule has 2 aliphatic heterocycles. The first-order chi connectivity index (χ1) is 15.1. The molecule has 2 N–H and O–H groups in total. The number of aromatic nitrogens is 1. The topological polar surface area (TPSA) is 72.8 Å². The normalized spacial score (nSPS) is 31.6. The third-order valence-corrected chi connectivity index (χ3v) is 8.11. The minimum atomic E-state index is -0.995. The Morgan fingerprint density at radius 1 is 1.16 bits per heavy atom. The summed E-state index contributed by atoms with van der Waals surface area (Å²) < 4.78 is 18.3. The number of para-hydroxylation sites is 1. The molecule has 158 valence electrons. The third kappa shape index (κ3) is 1.86. The van der Waals surface area contributed by atoms with E-state index in [1.54, 1.807) is 14.2 Å². The van der Waals surface area contributed by atoms with E-state index in [2.05, 4.69) is 11.4 Å². The van der Waals surface area contributed by atoms with E-state index in [0.29, 0.717) is 6.42 Å². The number of benzene rings is 2. The van der Waals surface area contributed by atoms with Crippen molar-refractivity contribution in [1.29, 1.82) is 0 Å². The van der Waals surface area contributed by atoms with Gasteiger partial charge in [0.15, 0.2) is 17.6 Å². The Kier molecular flexibility index (Phi) is 3.27. The van der Waals surface area contributed by atoms with Gasteiger partial charge in [-0.15, -0.1) is 0 Å². The fourth-order valence-electron chi connectivity index (χ4n) is 6.89. The first-order valence-corrected chi connectivity index (χ1v) is 10.9. The second kappa shape index (κ2) is 5.69. The zero-order chi connectivity index (χ0) is 21.0. The van der Waals surface area contributed by atoms with Gasteiger partial charge in [0, 0.05) is 29.0 Å². The third-order valence-electron chi connectivity index (χ3n) is 8.11. The molecular formula is C25H24N2O4. The highest BCUT2D eigenvalue weighted by atomic mass is 16.5. The molecule has 1 aromatic heterocycles. The number of hydrogen-bond donors (Lipinski definition) is 2. The van der Waals surface area contributed by atoms with Crippen molar-refractivity contribution in [2.24, 2.45) is 0 Å². The van der Waals surface area contributed by atoms with Gasteiger partial charge in [-0.1, -0.05) is 18.2 Å². The van der Waals surface area contributed by atoms with Crippen LogP contribution in [0.4, 0.5) is 0 Å². The lowest BCUT2D eigenvalue weighted by Gasteiger charge is -2.60. The van der Waals surface area contributed by atoms with Gasteiger partial charge in [0.2, 0.25) is 0 Å². The molecule has 0 saturated carbocycles. The second-order valence-electron chi connectivity index (χ2n) is 9.19. The average Bonchev–Trinajstić information content (AvgIpc) is 3.12. The van der Waals surface area contributed by atoms with Gasteiger partial charge in [0.05, 0.1) is 36.4 Å². The summed E-state index contributed by atoms with van der Waals surface area (Å²) in [4.78, 5) is 5.09. The number of pyridine rings is 1. The lowest BCUT2D eigenvalue weighted by molar-refractivity contribution is -0.135. The van der Waals surface area contributed by atoms with E-state index in [1.165, 1.54) is 5.56 Å². The number of nitrogens with one attached hydrogen (secondary N) is 1. The van der Waals surface area contributed by atoms with Crippen LogP contribution in [0.5, 0.6) is 17.2 Å². The highest BCUT2D eigenvalue weighted by Crippen LogP contribution is 2.68. The molecule has 2 aromatic carbocycles. The van der Waals surface area contributed by atoms with Crippen molar-refractivity contribution in [2.45, 2.75) is 42.4 Å². The predicted octanol–water partition coefficient (Wildman–Crippen LogP) is 2.83. The minimum Gasteiger partial charge on any atom is -0.496 e. The van der Waals surface area contributed by atoms with Crippen LogP contribution in [0.25, 0.3) is 10.9 Å². The van der Waals surface area contributed by atoms with Crippen molar-refractivity contribution in [3.8, 4) is 17.2 Å². The van der Waals surface area contributed by atoms with Gasteiger partial charge in [0.1, 0.15) is 5.75 Å². The van der Waals surface area contributed by atoms with Crippen LogP contribution in [0.3, 0.4) is 0 Å². The van der Waals surface area contributed by atoms with E-state index in [1.807, 2.05) is 30.3 Å². The molecule has 1 saturated heterocycles. The van der Waals surface area contributed by atoms with Crippen LogP contribution in [0.15, 0.2) is 36.4 Å². The zero-order valence-electron chi connectivity index (χ0n) is 17.6. The largest absolute Gasteiger partial charge is 0.496 e. The van der Waals surface area contributed by atoms with E-state index < -0.39 is 11.0 Å². The lowest BCUT2D eigenvalue weighted by atomic mass is 9.49. The molecule has 2 bridgehead atoms. The highest BCUT2D eigenvalue weighted by molar-refractivity contribution is 5.87. The van der Waals surface area contributed by atoms with E-state index in [-0.39, 0.29) is 12.1 Å². The van der Waals surface area contributed by atoms with Crippen molar-refractivity contribution >= 4 is 10.9 Å². The Balaban J connectivity index is 1.60. The Morgan fingerprint density at radius 3 is 2.87 bits per heavy atom. The summed E-state index contributed by atoms with van der Waals surface area (Å²) in [5.41, 5.74) is 3.53. The Hall–Kier alpha value is -2.83. The van der Waals surface area contributed by atoms with Crippen molar-refractivity contribution in [3.63, 3.8) is 0 Å². The zero-order valence-corrected chi connectivity index (χ0v) is 17.6. The molecule has 1 spiro atoms. The van der Waals surface area contributed by atoms with Gasteiger partial charge in [-0.05, 0) is 43.1 Å². The number of piperidine rings is 1. The first-order valence-electron chi connectivity index (χ1n) is 10.9. The van der Waals surface area contributed by atoms with Crippen LogP contribution in [-0.2, 0) is 18.3 Å². The van der Waals surface area contributed by atoms with Crippen LogP contribution in [0.1, 0.15) is 34.9 Å². The van der Waals surface area contributed by atoms with Crippen LogP contribution in [0.2, 0.25) is 0 Å². The van der Waals surface area contributed by atoms with E-state index >= 15 is 0 Å². The van der Waals surface area contributed by atoms with Crippen LogP contribution >= 0.6 is 0 Å². The van der Waals surface area contributed by atoms with Crippen molar-refractivity contribution in [2.75, 3.05) is 20.8 Å². The molecule has 0 radical (unpaired) electrons. The second-order valence-corrected chi connectivity index (χ2v) is 9.19. The van der Waals surface area contributed by atoms with E-state index in [9.17, 15) is 5.11 Å². The Morgan fingerprint density at radius 2 is 2.03 bits per heavy atom. The first kappa shape index (κ1) is 17.8. The van der Waals surface area contributed by atoms with Crippen LogP contribution in [0, 0.1) is 0 Å². The van der Waals surface area contributed by atoms with Crippen molar-refractivity contribution in [3.05, 3.63) is 58.8 Å².